The minimum atomic E-state index is -0.0415. The molecule has 0 heterocycles. The Morgan fingerprint density at radius 1 is 1.08 bits per heavy atom. The summed E-state index contributed by atoms with van der Waals surface area (Å²) in [7, 11) is 0. The van der Waals surface area contributed by atoms with E-state index < -0.39 is 0 Å². The summed E-state index contributed by atoms with van der Waals surface area (Å²) >= 11 is 0. The molecular formula is C22H34O3. The number of ether oxygens (including phenoxy) is 1. The zero-order valence-electron chi connectivity index (χ0n) is 16.2. The molecule has 0 spiro atoms. The molecule has 0 aromatic carbocycles. The van der Waals surface area contributed by atoms with Gasteiger partial charge in [-0.25, -0.2) is 0 Å². The number of carbonyl (C=O) groups is 2. The van der Waals surface area contributed by atoms with Crippen molar-refractivity contribution in [1.29, 1.82) is 0 Å². The van der Waals surface area contributed by atoms with E-state index in [1.807, 2.05) is 6.92 Å². The molecule has 7 atom stereocenters. The van der Waals surface area contributed by atoms with E-state index in [-0.39, 0.29) is 17.5 Å². The molecule has 4 rings (SSSR count). The molecule has 4 saturated carbocycles. The Labute approximate surface area is 152 Å². The van der Waals surface area contributed by atoms with Gasteiger partial charge < -0.3 is 4.74 Å². The van der Waals surface area contributed by atoms with Gasteiger partial charge in [0.25, 0.3) is 0 Å². The number of Topliss-reactive ketones (excluding diaryl/α,β-unsaturated/α-hetero) is 1. The van der Waals surface area contributed by atoms with Crippen LogP contribution in [0.25, 0.3) is 0 Å². The van der Waals surface area contributed by atoms with Gasteiger partial charge >= 0.3 is 5.97 Å². The Balaban J connectivity index is 1.51. The van der Waals surface area contributed by atoms with Crippen LogP contribution in [-0.4, -0.2) is 17.9 Å². The van der Waals surface area contributed by atoms with Crippen molar-refractivity contribution < 1.29 is 14.3 Å². The van der Waals surface area contributed by atoms with Crippen molar-refractivity contribution >= 4 is 11.8 Å². The summed E-state index contributed by atoms with van der Waals surface area (Å²) in [5, 5.41) is 0. The monoisotopic (exact) mass is 346 g/mol. The molecule has 140 valence electrons. The first kappa shape index (κ1) is 17.5. The van der Waals surface area contributed by atoms with Crippen LogP contribution in [0.3, 0.4) is 0 Å². The molecule has 0 radical (unpaired) electrons. The van der Waals surface area contributed by atoms with Crippen molar-refractivity contribution in [3.05, 3.63) is 0 Å². The molecule has 3 nitrogen and oxygen atoms in total. The molecule has 0 aromatic rings. The predicted molar refractivity (Wildman–Crippen MR) is 96.9 cm³/mol. The third-order valence-corrected chi connectivity index (χ3v) is 8.91. The van der Waals surface area contributed by atoms with Crippen molar-refractivity contribution in [3.63, 3.8) is 0 Å². The number of hydrogen-bond acceptors (Lipinski definition) is 3. The molecule has 4 aliphatic rings. The van der Waals surface area contributed by atoms with Crippen LogP contribution in [0.5, 0.6) is 0 Å². The molecule has 3 heteroatoms. The van der Waals surface area contributed by atoms with Gasteiger partial charge in [-0.1, -0.05) is 20.8 Å². The quantitative estimate of drug-likeness (QED) is 0.667. The molecule has 4 aliphatic carbocycles. The van der Waals surface area contributed by atoms with Crippen LogP contribution in [0.4, 0.5) is 0 Å². The second-order valence-corrected chi connectivity index (χ2v) is 9.81. The molecule has 0 amide bonds. The van der Waals surface area contributed by atoms with Crippen molar-refractivity contribution in [2.24, 2.45) is 34.5 Å². The average molecular weight is 347 g/mol. The predicted octanol–water partition coefficient (Wildman–Crippen LogP) is 4.92. The fourth-order valence-corrected chi connectivity index (χ4v) is 7.37. The first-order valence-electron chi connectivity index (χ1n) is 10.6. The summed E-state index contributed by atoms with van der Waals surface area (Å²) in [6, 6.07) is 0. The molecule has 0 aliphatic heterocycles. The smallest absolute Gasteiger partial charge is 0.305 e. The van der Waals surface area contributed by atoms with Gasteiger partial charge in [0.05, 0.1) is 0 Å². The van der Waals surface area contributed by atoms with Gasteiger partial charge in [-0.15, -0.1) is 0 Å². The van der Waals surface area contributed by atoms with Crippen molar-refractivity contribution in [2.45, 2.75) is 91.1 Å². The number of fused-ring (bicyclic) bond motifs is 5. The lowest BCUT2D eigenvalue weighted by Gasteiger charge is -2.60. The van der Waals surface area contributed by atoms with Gasteiger partial charge in [-0.3, -0.25) is 9.59 Å². The molecule has 25 heavy (non-hydrogen) atoms. The van der Waals surface area contributed by atoms with Crippen molar-refractivity contribution in [2.75, 3.05) is 0 Å². The third-order valence-electron chi connectivity index (χ3n) is 8.91. The van der Waals surface area contributed by atoms with E-state index in [9.17, 15) is 9.59 Å². The SMILES string of the molecule is CCC(=O)O[C@@H]1CC[C@@]2(C)C(CC[C@@H]3[C@@H]2CC[C@]2(C)C(=O)CC[C@@H]32)C1. The second kappa shape index (κ2) is 6.09. The number of rotatable bonds is 2. The Bertz CT molecular complexity index is 570. The Morgan fingerprint density at radius 2 is 1.88 bits per heavy atom. The lowest BCUT2D eigenvalue weighted by molar-refractivity contribution is -0.161. The van der Waals surface area contributed by atoms with Crippen LogP contribution in [0.2, 0.25) is 0 Å². The van der Waals surface area contributed by atoms with Gasteiger partial charge in [0.15, 0.2) is 0 Å². The topological polar surface area (TPSA) is 43.4 Å². The van der Waals surface area contributed by atoms with E-state index in [4.69, 9.17) is 4.74 Å². The summed E-state index contributed by atoms with van der Waals surface area (Å²) in [6.07, 6.45) is 10.7. The fraction of sp³-hybridized carbons (Fsp3) is 0.909. The van der Waals surface area contributed by atoms with Gasteiger partial charge in [0, 0.05) is 18.3 Å². The highest BCUT2D eigenvalue weighted by Gasteiger charge is 2.60. The molecule has 0 bridgehead atoms. The van der Waals surface area contributed by atoms with Crippen LogP contribution >= 0.6 is 0 Å². The fourth-order valence-electron chi connectivity index (χ4n) is 7.37. The van der Waals surface area contributed by atoms with Gasteiger partial charge in [0.1, 0.15) is 11.9 Å². The second-order valence-electron chi connectivity index (χ2n) is 9.81. The highest BCUT2D eigenvalue weighted by Crippen LogP contribution is 2.65. The molecule has 0 saturated heterocycles. The van der Waals surface area contributed by atoms with Crippen molar-refractivity contribution in [1.82, 2.24) is 0 Å². The van der Waals surface area contributed by atoms with Crippen LogP contribution in [0.1, 0.15) is 85.0 Å². The van der Waals surface area contributed by atoms with E-state index in [0.29, 0.717) is 29.5 Å². The third kappa shape index (κ3) is 2.59. The maximum atomic E-state index is 12.5. The zero-order valence-corrected chi connectivity index (χ0v) is 16.2. The number of hydrogen-bond donors (Lipinski definition) is 0. The first-order valence-corrected chi connectivity index (χ1v) is 10.6. The highest BCUT2D eigenvalue weighted by molar-refractivity contribution is 5.87. The number of carbonyl (C=O) groups excluding carboxylic acids is 2. The largest absolute Gasteiger partial charge is 0.462 e. The van der Waals surface area contributed by atoms with Crippen LogP contribution in [0.15, 0.2) is 0 Å². The maximum Gasteiger partial charge on any atom is 0.305 e. The Hall–Kier alpha value is -0.860. The van der Waals surface area contributed by atoms with Crippen LogP contribution in [0, 0.1) is 34.5 Å². The summed E-state index contributed by atoms with van der Waals surface area (Å²) < 4.78 is 5.69. The summed E-state index contributed by atoms with van der Waals surface area (Å²) in [6.45, 7) is 6.66. The Kier molecular flexibility index (Phi) is 4.28. The van der Waals surface area contributed by atoms with E-state index in [0.717, 1.165) is 43.9 Å². The van der Waals surface area contributed by atoms with Gasteiger partial charge in [0.2, 0.25) is 0 Å². The van der Waals surface area contributed by atoms with E-state index >= 15 is 0 Å². The zero-order chi connectivity index (χ0) is 17.8. The van der Waals surface area contributed by atoms with Gasteiger partial charge in [-0.05, 0) is 80.5 Å². The first-order chi connectivity index (χ1) is 11.9. The maximum absolute atomic E-state index is 12.5. The van der Waals surface area contributed by atoms with E-state index in [1.54, 1.807) is 0 Å². The van der Waals surface area contributed by atoms with E-state index in [2.05, 4.69) is 13.8 Å². The minimum absolute atomic E-state index is 0.0157. The summed E-state index contributed by atoms with van der Waals surface area (Å²) in [5.41, 5.74) is 0.378. The summed E-state index contributed by atoms with van der Waals surface area (Å²) in [4.78, 5) is 24.2. The standard InChI is InChI=1S/C22H34O3/c1-4-20(24)25-15-9-11-21(2)14(13-15)5-6-16-17-7-8-19(23)22(17,3)12-10-18(16)21/h14-18H,4-13H2,1-3H3/t14?,15-,16+,17+,18+,21+,22+/m1/s1. The Morgan fingerprint density at radius 3 is 2.64 bits per heavy atom. The normalized spacial score (nSPS) is 49.1. The highest BCUT2D eigenvalue weighted by atomic mass is 16.5. The van der Waals surface area contributed by atoms with E-state index in [1.165, 1.54) is 25.7 Å². The molecule has 0 aromatic heterocycles. The number of ketones is 1. The molecular weight excluding hydrogens is 312 g/mol. The average Bonchev–Trinajstić information content (AvgIpc) is 2.90. The summed E-state index contributed by atoms with van der Waals surface area (Å²) in [5.74, 6) is 3.35. The van der Waals surface area contributed by atoms with Crippen LogP contribution in [-0.2, 0) is 14.3 Å². The molecule has 0 N–H and O–H groups in total. The molecule has 4 fully saturated rings. The van der Waals surface area contributed by atoms with Gasteiger partial charge in [-0.2, -0.15) is 0 Å². The minimum Gasteiger partial charge on any atom is -0.462 e. The lowest BCUT2D eigenvalue weighted by Crippen LogP contribution is -2.54. The number of esters is 1. The van der Waals surface area contributed by atoms with Crippen LogP contribution < -0.4 is 0 Å². The molecule has 1 unspecified atom stereocenters. The van der Waals surface area contributed by atoms with Crippen molar-refractivity contribution in [3.8, 4) is 0 Å². The lowest BCUT2D eigenvalue weighted by atomic mass is 9.45.